The van der Waals surface area contributed by atoms with Gasteiger partial charge in [-0.1, -0.05) is 12.1 Å². The molecule has 0 radical (unpaired) electrons. The van der Waals surface area contributed by atoms with Crippen LogP contribution in [0, 0.1) is 6.92 Å². The van der Waals surface area contributed by atoms with Crippen LogP contribution in [-0.2, 0) is 16.1 Å². The summed E-state index contributed by atoms with van der Waals surface area (Å²) in [7, 11) is 3.05. The van der Waals surface area contributed by atoms with Crippen LogP contribution in [0.25, 0.3) is 11.4 Å². The van der Waals surface area contributed by atoms with Crippen molar-refractivity contribution in [3.63, 3.8) is 0 Å². The molecule has 3 aromatic heterocycles. The second-order valence-electron chi connectivity index (χ2n) is 8.74. The summed E-state index contributed by atoms with van der Waals surface area (Å²) in [4.78, 5) is 36.8. The maximum absolute atomic E-state index is 13.4. The van der Waals surface area contributed by atoms with E-state index in [1.54, 1.807) is 48.2 Å². The van der Waals surface area contributed by atoms with E-state index in [2.05, 4.69) is 9.97 Å². The first-order valence-electron chi connectivity index (χ1n) is 11.8. The maximum atomic E-state index is 13.4. The number of pyridine rings is 1. The number of aromatic nitrogens is 4. The molecule has 1 fully saturated rings. The van der Waals surface area contributed by atoms with E-state index in [0.717, 1.165) is 0 Å². The lowest BCUT2D eigenvalue weighted by Gasteiger charge is -2.26. The number of carbonyl (C=O) groups is 2. The third-order valence-electron chi connectivity index (χ3n) is 6.57. The van der Waals surface area contributed by atoms with E-state index in [0.29, 0.717) is 53.6 Å². The molecule has 190 valence electrons. The molecule has 10 nitrogen and oxygen atoms in total. The van der Waals surface area contributed by atoms with Gasteiger partial charge in [0.2, 0.25) is 0 Å². The topological polar surface area (TPSA) is 111 Å². The van der Waals surface area contributed by atoms with Gasteiger partial charge in [0.25, 0.3) is 11.7 Å². The third kappa shape index (κ3) is 4.20. The molecule has 0 spiro atoms. The van der Waals surface area contributed by atoms with E-state index in [1.807, 2.05) is 29.0 Å². The number of fused-ring (bicyclic) bond motifs is 1. The fourth-order valence-electron chi connectivity index (χ4n) is 4.85. The molecule has 37 heavy (non-hydrogen) atoms. The summed E-state index contributed by atoms with van der Waals surface area (Å²) in [6.45, 7) is 2.67. The Kier molecular flexibility index (Phi) is 6.39. The number of ketones is 1. The number of hydrogen-bond donors (Lipinski definition) is 1. The number of Topliss-reactive ketones (excluding diaryl/α,β-unsaturated/α-hetero) is 1. The van der Waals surface area contributed by atoms with Crippen LogP contribution in [0.5, 0.6) is 11.5 Å². The number of likely N-dealkylation sites (tertiary alicyclic amines) is 1. The highest BCUT2D eigenvalue weighted by Crippen LogP contribution is 2.42. The SMILES string of the molecule is COc1ccc(C2C(=C(O)c3c(C)nc4ccccn34)C(=O)C(=O)N2CCCn2ccnc2)cc1OC. The van der Waals surface area contributed by atoms with Crippen molar-refractivity contribution in [2.24, 2.45) is 0 Å². The lowest BCUT2D eigenvalue weighted by Crippen LogP contribution is -2.31. The van der Waals surface area contributed by atoms with Crippen molar-refractivity contribution in [1.82, 2.24) is 23.8 Å². The minimum absolute atomic E-state index is 0.00797. The molecule has 0 bridgehead atoms. The number of nitrogens with zero attached hydrogens (tertiary/aromatic N) is 5. The Bertz CT molecular complexity index is 1500. The van der Waals surface area contributed by atoms with Crippen molar-refractivity contribution in [2.45, 2.75) is 25.9 Å². The van der Waals surface area contributed by atoms with Crippen LogP contribution in [-0.4, -0.2) is 61.4 Å². The minimum atomic E-state index is -0.823. The van der Waals surface area contributed by atoms with Gasteiger partial charge in [0.15, 0.2) is 17.3 Å². The lowest BCUT2D eigenvalue weighted by atomic mass is 9.95. The van der Waals surface area contributed by atoms with Gasteiger partial charge in [-0.2, -0.15) is 0 Å². The third-order valence-corrected chi connectivity index (χ3v) is 6.57. The zero-order chi connectivity index (χ0) is 26.1. The molecule has 1 aliphatic heterocycles. The number of carbonyl (C=O) groups excluding carboxylic acids is 2. The van der Waals surface area contributed by atoms with Crippen molar-refractivity contribution in [3.05, 3.63) is 83.8 Å². The van der Waals surface area contributed by atoms with Gasteiger partial charge in [0.1, 0.15) is 11.3 Å². The summed E-state index contributed by atoms with van der Waals surface area (Å²) < 4.78 is 14.5. The first-order valence-corrected chi connectivity index (χ1v) is 11.8. The number of rotatable bonds is 8. The Morgan fingerprint density at radius 3 is 2.59 bits per heavy atom. The summed E-state index contributed by atoms with van der Waals surface area (Å²) in [5.74, 6) is -0.717. The summed E-state index contributed by atoms with van der Waals surface area (Å²) in [5, 5.41) is 11.6. The van der Waals surface area contributed by atoms with Crippen LogP contribution >= 0.6 is 0 Å². The van der Waals surface area contributed by atoms with Gasteiger partial charge >= 0.3 is 0 Å². The number of aryl methyl sites for hydroxylation is 2. The Morgan fingerprint density at radius 2 is 1.86 bits per heavy atom. The molecule has 1 N–H and O–H groups in total. The molecule has 10 heteroatoms. The molecular weight excluding hydrogens is 474 g/mol. The number of hydrogen-bond acceptors (Lipinski definition) is 7. The molecule has 1 atom stereocenters. The Balaban J connectivity index is 1.63. The van der Waals surface area contributed by atoms with Crippen molar-refractivity contribution < 1.29 is 24.2 Å². The van der Waals surface area contributed by atoms with Crippen LogP contribution in [0.4, 0.5) is 0 Å². The van der Waals surface area contributed by atoms with E-state index in [9.17, 15) is 14.7 Å². The van der Waals surface area contributed by atoms with Crippen molar-refractivity contribution >= 4 is 23.1 Å². The fraction of sp³-hybridized carbons (Fsp3) is 0.259. The average molecular weight is 502 g/mol. The van der Waals surface area contributed by atoms with Gasteiger partial charge in [0, 0.05) is 31.7 Å². The number of methoxy groups -OCH3 is 2. The second kappa shape index (κ2) is 9.81. The van der Waals surface area contributed by atoms with Gasteiger partial charge in [-0.25, -0.2) is 9.97 Å². The van der Waals surface area contributed by atoms with Gasteiger partial charge in [-0.3, -0.25) is 14.0 Å². The summed E-state index contributed by atoms with van der Waals surface area (Å²) in [5.41, 5.74) is 2.17. The van der Waals surface area contributed by atoms with E-state index in [1.165, 1.54) is 19.1 Å². The standard InChI is InChI=1S/C27H27N5O5/c1-17-23(31-12-5-4-7-21(31)29-17)25(33)22-24(18-8-9-19(36-2)20(15-18)37-3)32(27(35)26(22)34)13-6-11-30-14-10-28-16-30/h4-5,7-10,12,14-16,24,33H,6,11,13H2,1-3H3. The summed E-state index contributed by atoms with van der Waals surface area (Å²) in [6, 6.07) is 9.86. The average Bonchev–Trinajstić information content (AvgIpc) is 3.61. The molecule has 0 aliphatic carbocycles. The number of ether oxygens (including phenoxy) is 2. The Labute approximate surface area is 213 Å². The highest BCUT2D eigenvalue weighted by atomic mass is 16.5. The first-order chi connectivity index (χ1) is 17.9. The van der Waals surface area contributed by atoms with Crippen molar-refractivity contribution in [3.8, 4) is 11.5 Å². The molecule has 1 aromatic carbocycles. The smallest absolute Gasteiger partial charge is 0.295 e. The second-order valence-corrected chi connectivity index (χ2v) is 8.74. The normalized spacial score (nSPS) is 17.1. The number of aliphatic hydroxyl groups excluding tert-OH is 1. The number of benzene rings is 1. The molecule has 4 heterocycles. The van der Waals surface area contributed by atoms with Crippen LogP contribution in [0.3, 0.4) is 0 Å². The Morgan fingerprint density at radius 1 is 1.05 bits per heavy atom. The molecule has 5 rings (SSSR count). The van der Waals surface area contributed by atoms with Gasteiger partial charge < -0.3 is 24.0 Å². The number of amides is 1. The Hall–Kier alpha value is -4.60. The largest absolute Gasteiger partial charge is 0.505 e. The molecule has 0 saturated carbocycles. The van der Waals surface area contributed by atoms with Crippen LogP contribution < -0.4 is 9.47 Å². The molecular formula is C27H27N5O5. The molecule has 1 aliphatic rings. The van der Waals surface area contributed by atoms with Gasteiger partial charge in [-0.05, 0) is 43.2 Å². The number of imidazole rings is 2. The molecule has 1 amide bonds. The predicted octanol–water partition coefficient (Wildman–Crippen LogP) is 3.37. The van der Waals surface area contributed by atoms with E-state index >= 15 is 0 Å². The van der Waals surface area contributed by atoms with Crippen LogP contribution in [0.1, 0.15) is 29.4 Å². The van der Waals surface area contributed by atoms with Crippen LogP contribution in [0.2, 0.25) is 0 Å². The first kappa shape index (κ1) is 24.1. The van der Waals surface area contributed by atoms with Gasteiger partial charge in [-0.15, -0.1) is 0 Å². The molecule has 1 saturated heterocycles. The fourth-order valence-corrected chi connectivity index (χ4v) is 4.85. The summed E-state index contributed by atoms with van der Waals surface area (Å²) in [6.07, 6.45) is 7.58. The van der Waals surface area contributed by atoms with Gasteiger partial charge in [0.05, 0.1) is 37.9 Å². The van der Waals surface area contributed by atoms with E-state index in [4.69, 9.17) is 9.47 Å². The lowest BCUT2D eigenvalue weighted by molar-refractivity contribution is -0.139. The van der Waals surface area contributed by atoms with Crippen molar-refractivity contribution in [2.75, 3.05) is 20.8 Å². The summed E-state index contributed by atoms with van der Waals surface area (Å²) >= 11 is 0. The van der Waals surface area contributed by atoms with E-state index < -0.39 is 17.7 Å². The zero-order valence-electron chi connectivity index (χ0n) is 20.8. The van der Waals surface area contributed by atoms with Crippen molar-refractivity contribution in [1.29, 1.82) is 0 Å². The molecule has 4 aromatic rings. The number of aliphatic hydroxyl groups is 1. The minimum Gasteiger partial charge on any atom is -0.505 e. The van der Waals surface area contributed by atoms with Crippen LogP contribution in [0.15, 0.2) is 66.9 Å². The molecule has 1 unspecified atom stereocenters. The highest BCUT2D eigenvalue weighted by molar-refractivity contribution is 6.46. The highest BCUT2D eigenvalue weighted by Gasteiger charge is 2.46. The van der Waals surface area contributed by atoms with E-state index in [-0.39, 0.29) is 11.3 Å². The monoisotopic (exact) mass is 501 g/mol. The zero-order valence-corrected chi connectivity index (χ0v) is 20.8. The predicted molar refractivity (Wildman–Crippen MR) is 135 cm³/mol. The quantitative estimate of drug-likeness (QED) is 0.224. The maximum Gasteiger partial charge on any atom is 0.295 e.